The summed E-state index contributed by atoms with van der Waals surface area (Å²) in [5, 5.41) is 5.29. The standard InChI is InChI=1S/C25H27N3O2/c1-27(17-19-13-14-20-8-5-6-9-21(20)16-19)24(29)22-10-7-15-28(18-22)25(30)26-23-11-3-2-4-12-23/h2-6,8-9,11-14,16,22H,7,10,15,17-18H2,1H3,(H,26,30)/t22-/m1/s1. The molecule has 1 fully saturated rings. The molecule has 0 unspecified atom stereocenters. The van der Waals surface area contributed by atoms with Crippen molar-refractivity contribution in [1.82, 2.24) is 9.80 Å². The minimum atomic E-state index is -0.161. The summed E-state index contributed by atoms with van der Waals surface area (Å²) in [5.41, 5.74) is 1.88. The molecular formula is C25H27N3O2. The van der Waals surface area contributed by atoms with Gasteiger partial charge in [0.25, 0.3) is 0 Å². The number of anilines is 1. The number of carbonyl (C=O) groups is 2. The van der Waals surface area contributed by atoms with Crippen molar-refractivity contribution >= 4 is 28.4 Å². The Balaban J connectivity index is 1.37. The van der Waals surface area contributed by atoms with Crippen LogP contribution in [0.1, 0.15) is 18.4 Å². The third-order valence-electron chi connectivity index (χ3n) is 5.69. The van der Waals surface area contributed by atoms with Gasteiger partial charge in [-0.2, -0.15) is 0 Å². The average Bonchev–Trinajstić information content (AvgIpc) is 2.79. The molecule has 4 rings (SSSR count). The van der Waals surface area contributed by atoms with Crippen LogP contribution >= 0.6 is 0 Å². The summed E-state index contributed by atoms with van der Waals surface area (Å²) in [6.45, 7) is 1.70. The fourth-order valence-electron chi connectivity index (χ4n) is 4.09. The number of nitrogens with one attached hydrogen (secondary N) is 1. The third-order valence-corrected chi connectivity index (χ3v) is 5.69. The van der Waals surface area contributed by atoms with Gasteiger partial charge in [0, 0.05) is 32.4 Å². The lowest BCUT2D eigenvalue weighted by Gasteiger charge is -2.34. The van der Waals surface area contributed by atoms with Crippen LogP contribution in [0.15, 0.2) is 72.8 Å². The lowest BCUT2D eigenvalue weighted by atomic mass is 9.96. The van der Waals surface area contributed by atoms with Crippen molar-refractivity contribution < 1.29 is 9.59 Å². The van der Waals surface area contributed by atoms with E-state index in [0.717, 1.165) is 24.1 Å². The van der Waals surface area contributed by atoms with Crippen LogP contribution in [-0.2, 0) is 11.3 Å². The van der Waals surface area contributed by atoms with Gasteiger partial charge in [0.05, 0.1) is 5.92 Å². The second kappa shape index (κ2) is 8.99. The van der Waals surface area contributed by atoms with E-state index in [1.165, 1.54) is 10.8 Å². The maximum atomic E-state index is 13.1. The molecule has 30 heavy (non-hydrogen) atoms. The molecule has 1 aliphatic heterocycles. The molecule has 154 valence electrons. The van der Waals surface area contributed by atoms with E-state index < -0.39 is 0 Å². The van der Waals surface area contributed by atoms with Gasteiger partial charge in [-0.1, -0.05) is 54.6 Å². The Morgan fingerprint density at radius 3 is 2.53 bits per heavy atom. The molecule has 3 aromatic rings. The summed E-state index contributed by atoms with van der Waals surface area (Å²) in [7, 11) is 1.85. The Morgan fingerprint density at radius 1 is 1.00 bits per heavy atom. The van der Waals surface area contributed by atoms with E-state index in [-0.39, 0.29) is 17.9 Å². The number of urea groups is 1. The first kappa shape index (κ1) is 20.0. The predicted octanol–water partition coefficient (Wildman–Crippen LogP) is 4.74. The SMILES string of the molecule is CN(Cc1ccc2ccccc2c1)C(=O)[C@@H]1CCCN(C(=O)Nc2ccccc2)C1. The number of carbonyl (C=O) groups excluding carboxylic acids is 2. The van der Waals surface area contributed by atoms with Crippen LogP contribution in [0.4, 0.5) is 10.5 Å². The number of benzene rings is 3. The van der Waals surface area contributed by atoms with Crippen LogP contribution in [-0.4, -0.2) is 41.9 Å². The molecule has 1 saturated heterocycles. The monoisotopic (exact) mass is 401 g/mol. The highest BCUT2D eigenvalue weighted by atomic mass is 16.2. The van der Waals surface area contributed by atoms with E-state index in [0.29, 0.717) is 19.6 Å². The average molecular weight is 402 g/mol. The number of para-hydroxylation sites is 1. The number of hydrogen-bond donors (Lipinski definition) is 1. The molecule has 0 aromatic heterocycles. The van der Waals surface area contributed by atoms with Crippen molar-refractivity contribution in [2.24, 2.45) is 5.92 Å². The maximum Gasteiger partial charge on any atom is 0.321 e. The molecule has 0 bridgehead atoms. The fourth-order valence-corrected chi connectivity index (χ4v) is 4.09. The van der Waals surface area contributed by atoms with Gasteiger partial charge >= 0.3 is 6.03 Å². The van der Waals surface area contributed by atoms with E-state index in [1.807, 2.05) is 49.5 Å². The molecular weight excluding hydrogens is 374 g/mol. The summed E-state index contributed by atoms with van der Waals surface area (Å²) in [6, 6.07) is 23.8. The number of amides is 3. The lowest BCUT2D eigenvalue weighted by molar-refractivity contribution is -0.136. The van der Waals surface area contributed by atoms with Crippen LogP contribution in [0, 0.1) is 5.92 Å². The molecule has 3 amide bonds. The van der Waals surface area contributed by atoms with Crippen molar-refractivity contribution in [3.05, 3.63) is 78.4 Å². The van der Waals surface area contributed by atoms with Crippen molar-refractivity contribution in [3.8, 4) is 0 Å². The third kappa shape index (κ3) is 4.62. The molecule has 1 N–H and O–H groups in total. The molecule has 5 nitrogen and oxygen atoms in total. The Morgan fingerprint density at radius 2 is 1.73 bits per heavy atom. The molecule has 3 aromatic carbocycles. The molecule has 0 saturated carbocycles. The van der Waals surface area contributed by atoms with Crippen molar-refractivity contribution in [2.45, 2.75) is 19.4 Å². The zero-order valence-electron chi connectivity index (χ0n) is 17.3. The van der Waals surface area contributed by atoms with Gasteiger partial charge in [0.15, 0.2) is 0 Å². The molecule has 1 heterocycles. The van der Waals surface area contributed by atoms with Crippen molar-refractivity contribution in [2.75, 3.05) is 25.5 Å². The van der Waals surface area contributed by atoms with Crippen LogP contribution in [0.5, 0.6) is 0 Å². The number of nitrogens with zero attached hydrogens (tertiary/aromatic N) is 2. The van der Waals surface area contributed by atoms with Crippen LogP contribution in [0.25, 0.3) is 10.8 Å². The Bertz CT molecular complexity index is 1030. The summed E-state index contributed by atoms with van der Waals surface area (Å²) >= 11 is 0. The highest BCUT2D eigenvalue weighted by molar-refractivity contribution is 5.90. The highest BCUT2D eigenvalue weighted by Crippen LogP contribution is 2.22. The number of piperidine rings is 1. The Kier molecular flexibility index (Phi) is 5.98. The zero-order chi connectivity index (χ0) is 20.9. The first-order valence-corrected chi connectivity index (χ1v) is 10.4. The lowest BCUT2D eigenvalue weighted by Crippen LogP contribution is -2.47. The minimum absolute atomic E-state index is 0.0976. The van der Waals surface area contributed by atoms with Gasteiger partial charge < -0.3 is 15.1 Å². The predicted molar refractivity (Wildman–Crippen MR) is 120 cm³/mol. The van der Waals surface area contributed by atoms with Gasteiger partial charge in [-0.3, -0.25) is 4.79 Å². The molecule has 0 spiro atoms. The van der Waals surface area contributed by atoms with E-state index in [4.69, 9.17) is 0 Å². The van der Waals surface area contributed by atoms with Crippen LogP contribution < -0.4 is 5.32 Å². The second-order valence-corrected chi connectivity index (χ2v) is 7.96. The highest BCUT2D eigenvalue weighted by Gasteiger charge is 2.30. The van der Waals surface area contributed by atoms with Gasteiger partial charge in [-0.05, 0) is 47.4 Å². The van der Waals surface area contributed by atoms with E-state index in [2.05, 4.69) is 35.6 Å². The second-order valence-electron chi connectivity index (χ2n) is 7.96. The molecule has 5 heteroatoms. The number of likely N-dealkylation sites (tertiary alicyclic amines) is 1. The number of fused-ring (bicyclic) bond motifs is 1. The smallest absolute Gasteiger partial charge is 0.321 e. The largest absolute Gasteiger partial charge is 0.341 e. The Labute approximate surface area is 177 Å². The fraction of sp³-hybridized carbons (Fsp3) is 0.280. The maximum absolute atomic E-state index is 13.1. The first-order valence-electron chi connectivity index (χ1n) is 10.4. The molecule has 0 aliphatic carbocycles. The van der Waals surface area contributed by atoms with Gasteiger partial charge in [-0.25, -0.2) is 4.79 Å². The summed E-state index contributed by atoms with van der Waals surface area (Å²) in [4.78, 5) is 29.2. The Hall–Kier alpha value is -3.34. The number of hydrogen-bond acceptors (Lipinski definition) is 2. The summed E-state index contributed by atoms with van der Waals surface area (Å²) < 4.78 is 0. The first-order chi connectivity index (χ1) is 14.6. The minimum Gasteiger partial charge on any atom is -0.341 e. The zero-order valence-corrected chi connectivity index (χ0v) is 17.3. The van der Waals surface area contributed by atoms with Gasteiger partial charge in [0.1, 0.15) is 0 Å². The summed E-state index contributed by atoms with van der Waals surface area (Å²) in [5.74, 6) is -0.0638. The number of rotatable bonds is 4. The van der Waals surface area contributed by atoms with E-state index in [1.54, 1.807) is 9.80 Å². The van der Waals surface area contributed by atoms with E-state index >= 15 is 0 Å². The molecule has 0 radical (unpaired) electrons. The van der Waals surface area contributed by atoms with Gasteiger partial charge in [0.2, 0.25) is 5.91 Å². The van der Waals surface area contributed by atoms with Crippen molar-refractivity contribution in [1.29, 1.82) is 0 Å². The van der Waals surface area contributed by atoms with Crippen molar-refractivity contribution in [3.63, 3.8) is 0 Å². The van der Waals surface area contributed by atoms with Crippen LogP contribution in [0.3, 0.4) is 0 Å². The summed E-state index contributed by atoms with van der Waals surface area (Å²) in [6.07, 6.45) is 1.65. The van der Waals surface area contributed by atoms with Gasteiger partial charge in [-0.15, -0.1) is 0 Å². The normalized spacial score (nSPS) is 16.3. The molecule has 1 atom stereocenters. The molecule has 1 aliphatic rings. The van der Waals surface area contributed by atoms with E-state index in [9.17, 15) is 9.59 Å². The quantitative estimate of drug-likeness (QED) is 0.686. The van der Waals surface area contributed by atoms with Crippen LogP contribution in [0.2, 0.25) is 0 Å². The topological polar surface area (TPSA) is 52.7 Å².